The molecule has 0 rings (SSSR count). The molecule has 0 aliphatic carbocycles. The molecule has 0 spiro atoms. The Kier molecular flexibility index (Phi) is 9.78. The molecular formula is C15H27O4P. The molecule has 4 nitrogen and oxygen atoms in total. The summed E-state index contributed by atoms with van der Waals surface area (Å²) < 4.78 is 14.9. The smallest absolute Gasteiger partial charge is 0.303 e. The van der Waals surface area contributed by atoms with Gasteiger partial charge in [0.2, 0.25) is 0 Å². The maximum absolute atomic E-state index is 10.5. The van der Waals surface area contributed by atoms with Gasteiger partial charge in [0.05, 0.1) is 6.61 Å². The van der Waals surface area contributed by atoms with E-state index in [1.807, 2.05) is 6.92 Å². The van der Waals surface area contributed by atoms with Gasteiger partial charge in [-0.15, -0.1) is 0 Å². The zero-order chi connectivity index (χ0) is 15.6. The van der Waals surface area contributed by atoms with Crippen LogP contribution in [0.2, 0.25) is 0 Å². The van der Waals surface area contributed by atoms with Crippen molar-refractivity contribution in [2.24, 2.45) is 0 Å². The second-order valence-electron chi connectivity index (χ2n) is 5.25. The summed E-state index contributed by atoms with van der Waals surface area (Å²) in [5.41, 5.74) is 3.80. The van der Waals surface area contributed by atoms with E-state index >= 15 is 0 Å². The van der Waals surface area contributed by atoms with Crippen molar-refractivity contribution in [2.75, 3.05) is 6.61 Å². The molecular weight excluding hydrogens is 275 g/mol. The summed E-state index contributed by atoms with van der Waals surface area (Å²) >= 11 is 0. The largest absolute Gasteiger partial charge is 0.469 e. The topological polar surface area (TPSA) is 66.8 Å². The van der Waals surface area contributed by atoms with Gasteiger partial charge in [0.15, 0.2) is 0 Å². The normalized spacial score (nSPS) is 13.5. The molecule has 116 valence electrons. The number of phosphoric acid groups is 1. The van der Waals surface area contributed by atoms with E-state index in [1.165, 1.54) is 11.1 Å². The van der Waals surface area contributed by atoms with Gasteiger partial charge in [-0.05, 0) is 53.4 Å². The average Bonchev–Trinajstić information content (AvgIpc) is 2.26. The molecule has 20 heavy (non-hydrogen) atoms. The zero-order valence-electron chi connectivity index (χ0n) is 12.9. The van der Waals surface area contributed by atoms with E-state index in [2.05, 4.69) is 37.4 Å². The van der Waals surface area contributed by atoms with Gasteiger partial charge in [0.1, 0.15) is 0 Å². The van der Waals surface area contributed by atoms with Gasteiger partial charge in [-0.3, -0.25) is 4.52 Å². The van der Waals surface area contributed by atoms with Crippen LogP contribution in [0, 0.1) is 0 Å². The molecule has 0 saturated heterocycles. The predicted molar refractivity (Wildman–Crippen MR) is 83.4 cm³/mol. The summed E-state index contributed by atoms with van der Waals surface area (Å²) in [7, 11) is -4.35. The van der Waals surface area contributed by atoms with Crippen molar-refractivity contribution >= 4 is 7.82 Å². The molecule has 0 aliphatic rings. The summed E-state index contributed by atoms with van der Waals surface area (Å²) in [5, 5.41) is 0. The Balaban J connectivity index is 3.94. The van der Waals surface area contributed by atoms with Crippen molar-refractivity contribution in [1.29, 1.82) is 0 Å². The number of phosphoric ester groups is 1. The molecule has 0 atom stereocenters. The van der Waals surface area contributed by atoms with Crippen molar-refractivity contribution in [3.63, 3.8) is 0 Å². The van der Waals surface area contributed by atoms with Crippen LogP contribution in [0.25, 0.3) is 0 Å². The van der Waals surface area contributed by atoms with Gasteiger partial charge in [-0.25, -0.2) is 4.57 Å². The Morgan fingerprint density at radius 2 is 1.45 bits per heavy atom. The van der Waals surface area contributed by atoms with Crippen LogP contribution in [0.5, 0.6) is 0 Å². The number of allylic oxidation sites excluding steroid dienone is 5. The third-order valence-corrected chi connectivity index (χ3v) is 3.28. The lowest BCUT2D eigenvalue weighted by Gasteiger charge is -2.03. The Morgan fingerprint density at radius 1 is 0.950 bits per heavy atom. The van der Waals surface area contributed by atoms with Crippen molar-refractivity contribution < 1.29 is 18.9 Å². The monoisotopic (exact) mass is 302 g/mol. The second-order valence-corrected chi connectivity index (χ2v) is 6.49. The number of hydrogen-bond donors (Lipinski definition) is 2. The molecule has 0 fully saturated rings. The van der Waals surface area contributed by atoms with Crippen LogP contribution in [0.4, 0.5) is 0 Å². The first-order valence-corrected chi connectivity index (χ1v) is 8.38. The first kappa shape index (κ1) is 19.3. The highest BCUT2D eigenvalue weighted by atomic mass is 31.2. The number of rotatable bonds is 9. The predicted octanol–water partition coefficient (Wildman–Crippen LogP) is 4.51. The Hall–Kier alpha value is -0.670. The molecule has 5 heteroatoms. The van der Waals surface area contributed by atoms with E-state index in [9.17, 15) is 4.57 Å². The minimum Gasteiger partial charge on any atom is -0.303 e. The third kappa shape index (κ3) is 13.8. The van der Waals surface area contributed by atoms with E-state index in [0.717, 1.165) is 31.3 Å². The lowest BCUT2D eigenvalue weighted by atomic mass is 10.1. The standard InChI is InChI=1S/C15H27O4P/c1-13(2)7-5-8-14(3)9-6-10-15(4)11-12-19-20(16,17)18/h7,9,11H,5-6,8,10,12H2,1-4H3,(H2,16,17,18)/b14-9-,15-11+. The molecule has 0 aliphatic heterocycles. The molecule has 0 bridgehead atoms. The molecule has 0 heterocycles. The molecule has 0 aromatic rings. The van der Waals surface area contributed by atoms with Crippen LogP contribution in [0.3, 0.4) is 0 Å². The summed E-state index contributed by atoms with van der Waals surface area (Å²) in [6, 6.07) is 0. The third-order valence-electron chi connectivity index (χ3n) is 2.80. The molecule has 0 amide bonds. The van der Waals surface area contributed by atoms with Gasteiger partial charge < -0.3 is 9.79 Å². The quantitative estimate of drug-likeness (QED) is 0.485. The molecule has 0 radical (unpaired) electrons. The van der Waals surface area contributed by atoms with Crippen molar-refractivity contribution in [2.45, 2.75) is 53.4 Å². The maximum Gasteiger partial charge on any atom is 0.469 e. The minimum absolute atomic E-state index is 0.0423. The molecule has 0 aromatic carbocycles. The average molecular weight is 302 g/mol. The van der Waals surface area contributed by atoms with Crippen LogP contribution in [-0.2, 0) is 9.09 Å². The van der Waals surface area contributed by atoms with Crippen molar-refractivity contribution in [1.82, 2.24) is 0 Å². The van der Waals surface area contributed by atoms with E-state index in [4.69, 9.17) is 9.79 Å². The fraction of sp³-hybridized carbons (Fsp3) is 0.600. The second kappa shape index (κ2) is 10.1. The van der Waals surface area contributed by atoms with Gasteiger partial charge >= 0.3 is 7.82 Å². The Morgan fingerprint density at radius 3 is 1.95 bits per heavy atom. The molecule has 2 N–H and O–H groups in total. The number of hydrogen-bond acceptors (Lipinski definition) is 2. The Labute approximate surface area is 122 Å². The van der Waals surface area contributed by atoms with Crippen LogP contribution >= 0.6 is 7.82 Å². The highest BCUT2D eigenvalue weighted by Crippen LogP contribution is 2.35. The zero-order valence-corrected chi connectivity index (χ0v) is 13.8. The maximum atomic E-state index is 10.5. The summed E-state index contributed by atoms with van der Waals surface area (Å²) in [6.07, 6.45) is 10.2. The van der Waals surface area contributed by atoms with Crippen molar-refractivity contribution in [3.8, 4) is 0 Å². The van der Waals surface area contributed by atoms with E-state index < -0.39 is 7.82 Å². The van der Waals surface area contributed by atoms with Crippen LogP contribution in [-0.4, -0.2) is 16.4 Å². The molecule has 0 unspecified atom stereocenters. The highest BCUT2D eigenvalue weighted by Gasteiger charge is 2.11. The van der Waals surface area contributed by atoms with E-state index in [0.29, 0.717) is 0 Å². The van der Waals surface area contributed by atoms with Crippen molar-refractivity contribution in [3.05, 3.63) is 34.9 Å². The van der Waals surface area contributed by atoms with E-state index in [1.54, 1.807) is 6.08 Å². The molecule has 0 saturated carbocycles. The van der Waals surface area contributed by atoms with Crippen LogP contribution in [0.15, 0.2) is 34.9 Å². The van der Waals surface area contributed by atoms with Crippen LogP contribution < -0.4 is 0 Å². The lowest BCUT2D eigenvalue weighted by molar-refractivity contribution is 0.215. The first-order chi connectivity index (χ1) is 9.20. The highest BCUT2D eigenvalue weighted by molar-refractivity contribution is 7.46. The SMILES string of the molecule is CC(C)=CCC/C(C)=C\CC/C(C)=C/COP(=O)(O)O. The van der Waals surface area contributed by atoms with Gasteiger partial charge in [-0.2, -0.15) is 0 Å². The summed E-state index contributed by atoms with van der Waals surface area (Å²) in [5.74, 6) is 0. The van der Waals surface area contributed by atoms with Gasteiger partial charge in [-0.1, -0.05) is 34.9 Å². The van der Waals surface area contributed by atoms with Gasteiger partial charge in [0.25, 0.3) is 0 Å². The van der Waals surface area contributed by atoms with Gasteiger partial charge in [0, 0.05) is 0 Å². The first-order valence-electron chi connectivity index (χ1n) is 6.85. The van der Waals surface area contributed by atoms with E-state index in [-0.39, 0.29) is 6.61 Å². The fourth-order valence-corrected chi connectivity index (χ4v) is 1.88. The summed E-state index contributed by atoms with van der Waals surface area (Å²) in [4.78, 5) is 17.1. The minimum atomic E-state index is -4.35. The summed E-state index contributed by atoms with van der Waals surface area (Å²) in [6.45, 7) is 8.24. The Bertz CT molecular complexity index is 412. The molecule has 0 aromatic heterocycles. The fourth-order valence-electron chi connectivity index (χ4n) is 1.62. The lowest BCUT2D eigenvalue weighted by Crippen LogP contribution is -1.89. The van der Waals surface area contributed by atoms with Crippen LogP contribution in [0.1, 0.15) is 53.4 Å².